The molecule has 2 aromatic carbocycles. The van der Waals surface area contributed by atoms with Crippen LogP contribution in [0.1, 0.15) is 60.2 Å². The molecule has 0 radical (unpaired) electrons. The van der Waals surface area contributed by atoms with E-state index < -0.39 is 5.97 Å². The van der Waals surface area contributed by atoms with Crippen LogP contribution in [0.2, 0.25) is 0 Å². The molecule has 1 aliphatic carbocycles. The van der Waals surface area contributed by atoms with Gasteiger partial charge >= 0.3 is 12.1 Å². The summed E-state index contributed by atoms with van der Waals surface area (Å²) in [5, 5.41) is 20.0. The number of rotatable bonds is 6. The minimum atomic E-state index is -0.726. The third-order valence-electron chi connectivity index (χ3n) is 7.86. The number of imidazole rings is 1. The van der Waals surface area contributed by atoms with Crippen molar-refractivity contribution < 1.29 is 24.5 Å². The number of aliphatic carboxylic acids is 1. The van der Waals surface area contributed by atoms with Gasteiger partial charge in [0.05, 0.1) is 43.3 Å². The molecule has 1 saturated carbocycles. The molecule has 1 aliphatic heterocycles. The summed E-state index contributed by atoms with van der Waals surface area (Å²) in [6, 6.07) is 14.1. The molecule has 2 aliphatic rings. The van der Waals surface area contributed by atoms with Crippen LogP contribution in [0.5, 0.6) is 0 Å². The largest absolute Gasteiger partial charge is 0.481 e. The van der Waals surface area contributed by atoms with Gasteiger partial charge in [0.15, 0.2) is 0 Å². The number of carbonyl (C=O) groups excluding carboxylic acids is 1. The number of hydrogen-bond donors (Lipinski definition) is 2. The van der Waals surface area contributed by atoms with Crippen LogP contribution in [0.25, 0.3) is 11.0 Å². The summed E-state index contributed by atoms with van der Waals surface area (Å²) < 4.78 is 7.16. The quantitative estimate of drug-likeness (QED) is 0.533. The van der Waals surface area contributed by atoms with Crippen LogP contribution >= 0.6 is 0 Å². The summed E-state index contributed by atoms with van der Waals surface area (Å²) in [6.45, 7) is 0.998. The predicted molar refractivity (Wildman–Crippen MR) is 135 cm³/mol. The Bertz CT molecular complexity index is 1250. The maximum absolute atomic E-state index is 12.3. The van der Waals surface area contributed by atoms with Crippen molar-refractivity contribution in [2.75, 3.05) is 20.3 Å². The molecule has 0 bridgehead atoms. The molecule has 0 saturated heterocycles. The second kappa shape index (κ2) is 10.3. The van der Waals surface area contributed by atoms with E-state index in [0.29, 0.717) is 32.4 Å². The fourth-order valence-electron chi connectivity index (χ4n) is 5.89. The van der Waals surface area contributed by atoms with Crippen LogP contribution in [0.15, 0.2) is 42.5 Å². The first-order chi connectivity index (χ1) is 17.5. The molecular formula is C28H33N3O5. The molecule has 36 heavy (non-hydrogen) atoms. The number of hydrogen-bond acceptors (Lipinski definition) is 5. The maximum Gasteiger partial charge on any atom is 0.409 e. The Hall–Kier alpha value is -3.39. The Morgan fingerprint density at radius 2 is 1.86 bits per heavy atom. The van der Waals surface area contributed by atoms with E-state index in [2.05, 4.69) is 28.8 Å². The number of carbonyl (C=O) groups is 2. The fraction of sp³-hybridized carbons (Fsp3) is 0.464. The van der Waals surface area contributed by atoms with Gasteiger partial charge in [0.25, 0.3) is 0 Å². The van der Waals surface area contributed by atoms with Crippen molar-refractivity contribution in [2.45, 2.75) is 57.0 Å². The Kier molecular flexibility index (Phi) is 6.96. The van der Waals surface area contributed by atoms with Crippen LogP contribution in [0.3, 0.4) is 0 Å². The van der Waals surface area contributed by atoms with E-state index in [9.17, 15) is 19.8 Å². The summed E-state index contributed by atoms with van der Waals surface area (Å²) in [5.74, 6) is -0.00386. The number of aliphatic hydroxyl groups is 1. The Balaban J connectivity index is 1.59. The summed E-state index contributed by atoms with van der Waals surface area (Å²) in [4.78, 5) is 30.7. The standard InChI is InChI=1S/C28H33N3O5/c1-36-28(35)30-14-13-19-11-12-24-25(23(19)16-30)29-26(20-7-9-21(10-8-20)27(33)34)31(24)22(17-32)15-18-5-3-2-4-6-18/h2-6,11-12,20-22,32H,7-10,13-17H2,1H3,(H,33,34)/t20-,21-,22-/m1/s1. The molecule has 2 N–H and O–H groups in total. The van der Waals surface area contributed by atoms with E-state index in [1.165, 1.54) is 12.7 Å². The minimum absolute atomic E-state index is 0.0385. The van der Waals surface area contributed by atoms with E-state index in [0.717, 1.165) is 47.2 Å². The van der Waals surface area contributed by atoms with Crippen molar-refractivity contribution in [3.8, 4) is 0 Å². The summed E-state index contributed by atoms with van der Waals surface area (Å²) >= 11 is 0. The third-order valence-corrected chi connectivity index (χ3v) is 7.86. The van der Waals surface area contributed by atoms with E-state index >= 15 is 0 Å². The lowest BCUT2D eigenvalue weighted by Gasteiger charge is -2.29. The van der Waals surface area contributed by atoms with Crippen LogP contribution in [0, 0.1) is 5.92 Å². The lowest BCUT2D eigenvalue weighted by Crippen LogP contribution is -2.35. The molecular weight excluding hydrogens is 458 g/mol. The van der Waals surface area contributed by atoms with Gasteiger partial charge in [-0.25, -0.2) is 9.78 Å². The summed E-state index contributed by atoms with van der Waals surface area (Å²) in [7, 11) is 1.40. The zero-order chi connectivity index (χ0) is 25.2. The zero-order valence-corrected chi connectivity index (χ0v) is 20.6. The lowest BCUT2D eigenvalue weighted by atomic mass is 9.81. The molecule has 1 fully saturated rings. The van der Waals surface area contributed by atoms with Gasteiger partial charge in [-0.15, -0.1) is 0 Å². The monoisotopic (exact) mass is 491 g/mol. The molecule has 8 nitrogen and oxygen atoms in total. The van der Waals surface area contributed by atoms with E-state index in [4.69, 9.17) is 9.72 Å². The summed E-state index contributed by atoms with van der Waals surface area (Å²) in [6.07, 6.45) is 3.80. The number of aliphatic hydroxyl groups excluding tert-OH is 1. The molecule has 2 heterocycles. The van der Waals surface area contributed by atoms with Gasteiger partial charge in [-0.1, -0.05) is 36.4 Å². The average molecular weight is 492 g/mol. The van der Waals surface area contributed by atoms with Crippen LogP contribution in [-0.4, -0.2) is 57.0 Å². The number of amides is 1. The van der Waals surface area contributed by atoms with Crippen molar-refractivity contribution in [1.29, 1.82) is 0 Å². The number of carboxylic acid groups (broad SMARTS) is 1. The molecule has 3 aromatic rings. The van der Waals surface area contributed by atoms with Gasteiger partial charge in [0.1, 0.15) is 5.82 Å². The molecule has 0 unspecified atom stereocenters. The first-order valence-electron chi connectivity index (χ1n) is 12.7. The van der Waals surface area contributed by atoms with Crippen molar-refractivity contribution >= 4 is 23.1 Å². The number of aromatic nitrogens is 2. The molecule has 1 atom stereocenters. The van der Waals surface area contributed by atoms with Gasteiger partial charge in [-0.3, -0.25) is 4.79 Å². The van der Waals surface area contributed by atoms with E-state index in [1.54, 1.807) is 4.90 Å². The van der Waals surface area contributed by atoms with Crippen molar-refractivity contribution in [3.05, 3.63) is 65.0 Å². The maximum atomic E-state index is 12.3. The molecule has 1 aromatic heterocycles. The molecule has 1 amide bonds. The number of methoxy groups -OCH3 is 1. The van der Waals surface area contributed by atoms with Crippen LogP contribution in [-0.2, 0) is 28.9 Å². The second-order valence-electron chi connectivity index (χ2n) is 9.97. The van der Waals surface area contributed by atoms with Gasteiger partial charge in [-0.2, -0.15) is 0 Å². The highest BCUT2D eigenvalue weighted by atomic mass is 16.5. The van der Waals surface area contributed by atoms with Crippen molar-refractivity contribution in [2.24, 2.45) is 5.92 Å². The van der Waals surface area contributed by atoms with Gasteiger partial charge in [-0.05, 0) is 55.7 Å². The number of nitrogens with zero attached hydrogens (tertiary/aromatic N) is 3. The van der Waals surface area contributed by atoms with Crippen molar-refractivity contribution in [3.63, 3.8) is 0 Å². The molecule has 0 spiro atoms. The Morgan fingerprint density at radius 3 is 2.53 bits per heavy atom. The van der Waals surface area contributed by atoms with E-state index in [-0.39, 0.29) is 30.6 Å². The van der Waals surface area contributed by atoms with Gasteiger partial charge in [0.2, 0.25) is 0 Å². The normalized spacial score (nSPS) is 20.7. The Morgan fingerprint density at radius 1 is 1.11 bits per heavy atom. The minimum Gasteiger partial charge on any atom is -0.481 e. The van der Waals surface area contributed by atoms with E-state index in [1.807, 2.05) is 18.2 Å². The lowest BCUT2D eigenvalue weighted by molar-refractivity contribution is -0.142. The zero-order valence-electron chi connectivity index (χ0n) is 20.6. The number of carboxylic acids is 1. The highest BCUT2D eigenvalue weighted by Gasteiger charge is 2.33. The SMILES string of the molecule is COC(=O)N1CCc2ccc3c(nc([C@H]4CC[C@H](C(=O)O)CC4)n3[C@@H](CO)Cc3ccccc3)c2C1. The topological polar surface area (TPSA) is 105 Å². The fourth-order valence-corrected chi connectivity index (χ4v) is 5.89. The van der Waals surface area contributed by atoms with Gasteiger partial charge in [0, 0.05) is 18.0 Å². The molecule has 190 valence electrons. The number of fused-ring (bicyclic) bond motifs is 3. The van der Waals surface area contributed by atoms with Crippen LogP contribution in [0.4, 0.5) is 4.79 Å². The summed E-state index contributed by atoms with van der Waals surface area (Å²) in [5.41, 5.74) is 5.15. The third kappa shape index (κ3) is 4.57. The molecule has 8 heteroatoms. The highest BCUT2D eigenvalue weighted by molar-refractivity contribution is 5.82. The predicted octanol–water partition coefficient (Wildman–Crippen LogP) is 4.30. The van der Waals surface area contributed by atoms with Gasteiger partial charge < -0.3 is 24.4 Å². The smallest absolute Gasteiger partial charge is 0.409 e. The van der Waals surface area contributed by atoms with Crippen molar-refractivity contribution in [1.82, 2.24) is 14.5 Å². The Labute approximate surface area is 210 Å². The second-order valence-corrected chi connectivity index (χ2v) is 9.97. The highest BCUT2D eigenvalue weighted by Crippen LogP contribution is 2.40. The van der Waals surface area contributed by atoms with Crippen LogP contribution < -0.4 is 0 Å². The number of ether oxygens (including phenoxy) is 1. The average Bonchev–Trinajstić information content (AvgIpc) is 3.31. The first-order valence-corrected chi connectivity index (χ1v) is 12.7. The first kappa shape index (κ1) is 24.3. The number of benzene rings is 2. The molecule has 5 rings (SSSR count).